The van der Waals surface area contributed by atoms with Crippen molar-refractivity contribution in [1.29, 1.82) is 0 Å². The number of hydrogen-bond acceptors (Lipinski definition) is 2. The molecule has 1 aliphatic carbocycles. The summed E-state index contributed by atoms with van der Waals surface area (Å²) in [5.41, 5.74) is 2.87. The first-order valence-corrected chi connectivity index (χ1v) is 8.74. The van der Waals surface area contributed by atoms with Gasteiger partial charge in [-0.15, -0.1) is 0 Å². The van der Waals surface area contributed by atoms with Gasteiger partial charge in [-0.2, -0.15) is 0 Å². The second kappa shape index (κ2) is 7.21. The van der Waals surface area contributed by atoms with Crippen LogP contribution in [0, 0.1) is 0 Å². The molecule has 1 aliphatic rings. The fourth-order valence-electron chi connectivity index (χ4n) is 3.27. The lowest BCUT2D eigenvalue weighted by Crippen LogP contribution is -2.42. The molecule has 0 unspecified atom stereocenters. The maximum Gasteiger partial charge on any atom is 0.193 e. The largest absolute Gasteiger partial charge is 0.497 e. The minimum atomic E-state index is 0.230. The standard InChI is InChI=1S/C20H28N4O/c1-21-19(24(3)14-17-6-5-13-23(17)2)22-15-20(11-12-20)16-7-9-18(25-4)10-8-16/h5-10,13H,11-12,14-15H2,1-4H3,(H,21,22). The van der Waals surface area contributed by atoms with Crippen LogP contribution in [-0.2, 0) is 19.0 Å². The Hall–Kier alpha value is -2.43. The fraction of sp³-hybridized carbons (Fsp3) is 0.450. The summed E-state index contributed by atoms with van der Waals surface area (Å²) in [6.45, 7) is 1.74. The molecule has 134 valence electrons. The van der Waals surface area contributed by atoms with Gasteiger partial charge < -0.3 is 19.5 Å². The van der Waals surface area contributed by atoms with Crippen LogP contribution in [0.1, 0.15) is 24.1 Å². The Bertz CT molecular complexity index is 728. The maximum absolute atomic E-state index is 5.27. The van der Waals surface area contributed by atoms with Gasteiger partial charge in [-0.3, -0.25) is 4.99 Å². The van der Waals surface area contributed by atoms with E-state index >= 15 is 0 Å². The Balaban J connectivity index is 1.61. The Morgan fingerprint density at radius 1 is 1.28 bits per heavy atom. The second-order valence-corrected chi connectivity index (χ2v) is 6.88. The summed E-state index contributed by atoms with van der Waals surface area (Å²) in [6, 6.07) is 12.7. The zero-order valence-electron chi connectivity index (χ0n) is 15.6. The number of nitrogens with zero attached hydrogens (tertiary/aromatic N) is 3. The van der Waals surface area contributed by atoms with Gasteiger partial charge in [-0.25, -0.2) is 0 Å². The van der Waals surface area contributed by atoms with Crippen LogP contribution in [0.2, 0.25) is 0 Å². The number of nitrogens with one attached hydrogen (secondary N) is 1. The highest BCUT2D eigenvalue weighted by Gasteiger charge is 2.44. The van der Waals surface area contributed by atoms with Crippen LogP contribution in [-0.4, -0.2) is 43.2 Å². The predicted octanol–water partition coefficient (Wildman–Crippen LogP) is 2.77. The van der Waals surface area contributed by atoms with Gasteiger partial charge in [-0.05, 0) is 42.7 Å². The number of aliphatic imine (C=N–C) groups is 1. The third kappa shape index (κ3) is 3.81. The number of aryl methyl sites for hydroxylation is 1. The zero-order chi connectivity index (χ0) is 17.9. The molecule has 1 fully saturated rings. The molecule has 0 radical (unpaired) electrons. The number of rotatable bonds is 6. The van der Waals surface area contributed by atoms with E-state index < -0.39 is 0 Å². The summed E-state index contributed by atoms with van der Waals surface area (Å²) in [4.78, 5) is 6.62. The van der Waals surface area contributed by atoms with Gasteiger partial charge in [0.05, 0.1) is 13.7 Å². The Kier molecular flexibility index (Phi) is 5.02. The van der Waals surface area contributed by atoms with Crippen LogP contribution in [0.5, 0.6) is 5.75 Å². The van der Waals surface area contributed by atoms with Gasteiger partial charge in [0.25, 0.3) is 0 Å². The molecular formula is C20H28N4O. The summed E-state index contributed by atoms with van der Waals surface area (Å²) in [5, 5.41) is 3.57. The molecule has 1 saturated carbocycles. The predicted molar refractivity (Wildman–Crippen MR) is 102 cm³/mol. The van der Waals surface area contributed by atoms with Gasteiger partial charge in [0.2, 0.25) is 0 Å². The lowest BCUT2D eigenvalue weighted by molar-refractivity contribution is 0.414. The van der Waals surface area contributed by atoms with Gasteiger partial charge >= 0.3 is 0 Å². The lowest BCUT2D eigenvalue weighted by Gasteiger charge is -2.25. The summed E-state index contributed by atoms with van der Waals surface area (Å²) < 4.78 is 7.41. The molecule has 0 atom stereocenters. The van der Waals surface area contributed by atoms with Crippen molar-refractivity contribution in [2.24, 2.45) is 12.0 Å². The molecule has 0 bridgehead atoms. The lowest BCUT2D eigenvalue weighted by atomic mass is 9.96. The highest BCUT2D eigenvalue weighted by atomic mass is 16.5. The molecule has 1 aromatic carbocycles. The second-order valence-electron chi connectivity index (χ2n) is 6.88. The Morgan fingerprint density at radius 3 is 2.52 bits per heavy atom. The normalized spacial score (nSPS) is 15.8. The summed E-state index contributed by atoms with van der Waals surface area (Å²) in [6.07, 6.45) is 4.50. The fourth-order valence-corrected chi connectivity index (χ4v) is 3.27. The van der Waals surface area contributed by atoms with E-state index in [1.807, 2.05) is 19.2 Å². The van der Waals surface area contributed by atoms with Gasteiger partial charge in [-0.1, -0.05) is 12.1 Å². The van der Waals surface area contributed by atoms with Crippen molar-refractivity contribution in [1.82, 2.24) is 14.8 Å². The molecule has 0 saturated heterocycles. The molecule has 25 heavy (non-hydrogen) atoms. The van der Waals surface area contributed by atoms with Crippen LogP contribution in [0.4, 0.5) is 0 Å². The molecule has 1 N–H and O–H groups in total. The summed E-state index contributed by atoms with van der Waals surface area (Å²) >= 11 is 0. The smallest absolute Gasteiger partial charge is 0.193 e. The maximum atomic E-state index is 5.27. The number of ether oxygens (including phenoxy) is 1. The van der Waals surface area contributed by atoms with E-state index in [0.717, 1.165) is 24.8 Å². The van der Waals surface area contributed by atoms with Crippen LogP contribution in [0.15, 0.2) is 47.6 Å². The molecule has 0 aliphatic heterocycles. The average molecular weight is 340 g/mol. The van der Waals surface area contributed by atoms with Crippen molar-refractivity contribution in [3.05, 3.63) is 53.9 Å². The van der Waals surface area contributed by atoms with E-state index in [0.29, 0.717) is 0 Å². The number of aromatic nitrogens is 1. The Labute approximate surface area is 150 Å². The molecule has 5 heteroatoms. The Morgan fingerprint density at radius 2 is 2.00 bits per heavy atom. The van der Waals surface area contributed by atoms with Gasteiger partial charge in [0.15, 0.2) is 5.96 Å². The van der Waals surface area contributed by atoms with E-state index in [-0.39, 0.29) is 5.41 Å². The van der Waals surface area contributed by atoms with Crippen LogP contribution in [0.3, 0.4) is 0 Å². The first-order valence-electron chi connectivity index (χ1n) is 8.74. The van der Waals surface area contributed by atoms with Crippen molar-refractivity contribution < 1.29 is 4.74 Å². The number of hydrogen-bond donors (Lipinski definition) is 1. The molecule has 0 amide bonds. The van der Waals surface area contributed by atoms with E-state index in [9.17, 15) is 0 Å². The minimum Gasteiger partial charge on any atom is -0.497 e. The van der Waals surface area contributed by atoms with Crippen LogP contribution in [0.25, 0.3) is 0 Å². The zero-order valence-corrected chi connectivity index (χ0v) is 15.6. The highest BCUT2D eigenvalue weighted by molar-refractivity contribution is 5.79. The average Bonchev–Trinajstić information content (AvgIpc) is 3.32. The molecule has 1 aromatic heterocycles. The van der Waals surface area contributed by atoms with Gasteiger partial charge in [0.1, 0.15) is 5.75 Å². The van der Waals surface area contributed by atoms with Crippen molar-refractivity contribution in [3.8, 4) is 5.75 Å². The van der Waals surface area contributed by atoms with E-state index in [1.165, 1.54) is 24.1 Å². The highest BCUT2D eigenvalue weighted by Crippen LogP contribution is 2.47. The molecule has 0 spiro atoms. The van der Waals surface area contributed by atoms with Crippen molar-refractivity contribution in [2.75, 3.05) is 27.7 Å². The van der Waals surface area contributed by atoms with E-state index in [2.05, 4.69) is 64.3 Å². The number of benzene rings is 1. The molecule has 3 rings (SSSR count). The molecule has 5 nitrogen and oxygen atoms in total. The van der Waals surface area contributed by atoms with Crippen molar-refractivity contribution >= 4 is 5.96 Å². The number of methoxy groups -OCH3 is 1. The van der Waals surface area contributed by atoms with Crippen LogP contribution < -0.4 is 10.1 Å². The monoisotopic (exact) mass is 340 g/mol. The topological polar surface area (TPSA) is 41.8 Å². The van der Waals surface area contributed by atoms with Crippen molar-refractivity contribution in [3.63, 3.8) is 0 Å². The molecule has 2 aromatic rings. The minimum absolute atomic E-state index is 0.230. The van der Waals surface area contributed by atoms with Gasteiger partial charge in [0, 0.05) is 45.0 Å². The van der Waals surface area contributed by atoms with Crippen molar-refractivity contribution in [2.45, 2.75) is 24.8 Å². The quantitative estimate of drug-likeness (QED) is 0.649. The molecular weight excluding hydrogens is 312 g/mol. The summed E-state index contributed by atoms with van der Waals surface area (Å²) in [5.74, 6) is 1.84. The first kappa shape index (κ1) is 17.4. The van der Waals surface area contributed by atoms with E-state index in [1.54, 1.807) is 7.11 Å². The SMILES string of the molecule is CN=C(NCC1(c2ccc(OC)cc2)CC1)N(C)Cc1cccn1C. The summed E-state index contributed by atoms with van der Waals surface area (Å²) in [7, 11) is 7.70. The number of guanidine groups is 1. The third-order valence-electron chi connectivity index (χ3n) is 5.16. The first-order chi connectivity index (χ1) is 12.1. The molecule has 1 heterocycles. The van der Waals surface area contributed by atoms with Crippen LogP contribution >= 0.6 is 0 Å². The third-order valence-corrected chi connectivity index (χ3v) is 5.16. The van der Waals surface area contributed by atoms with E-state index in [4.69, 9.17) is 4.74 Å².